The smallest absolute Gasteiger partial charge is 0.326 e. The molecule has 4 aromatic rings. The monoisotopic (exact) mass is 488 g/mol. The van der Waals surface area contributed by atoms with E-state index in [-0.39, 0.29) is 18.0 Å². The van der Waals surface area contributed by atoms with Crippen molar-refractivity contribution in [1.29, 1.82) is 5.26 Å². The second-order valence-electron chi connectivity index (χ2n) is 7.86. The lowest BCUT2D eigenvalue weighted by Gasteiger charge is -2.20. The molecule has 1 aromatic heterocycles. The number of imidazole rings is 1. The number of nitrogens with zero attached hydrogens (tertiary/aromatic N) is 4. The predicted molar refractivity (Wildman–Crippen MR) is 132 cm³/mol. The van der Waals surface area contributed by atoms with Gasteiger partial charge in [-0.2, -0.15) is 5.26 Å². The molecule has 0 N–H and O–H groups in total. The van der Waals surface area contributed by atoms with Crippen LogP contribution in [-0.2, 0) is 32.5 Å². The molecule has 0 fully saturated rings. The lowest BCUT2D eigenvalue weighted by Crippen LogP contribution is -2.26. The first-order valence-corrected chi connectivity index (χ1v) is 12.4. The van der Waals surface area contributed by atoms with E-state index in [1.807, 2.05) is 12.1 Å². The van der Waals surface area contributed by atoms with Crippen molar-refractivity contribution < 1.29 is 17.9 Å². The van der Waals surface area contributed by atoms with E-state index in [1.54, 1.807) is 72.2 Å². The minimum absolute atomic E-state index is 0.0610. The van der Waals surface area contributed by atoms with Crippen LogP contribution in [0.1, 0.15) is 23.9 Å². The molecule has 0 atom stereocenters. The first-order chi connectivity index (χ1) is 16.8. The molecular formula is C26H24N4O4S. The largest absolute Gasteiger partial charge is 0.465 e. The Morgan fingerprint density at radius 3 is 2.46 bits per heavy atom. The predicted octanol–water partition coefficient (Wildman–Crippen LogP) is 3.89. The number of nitriles is 1. The quantitative estimate of drug-likeness (QED) is 0.349. The van der Waals surface area contributed by atoms with Gasteiger partial charge in [0, 0.05) is 13.5 Å². The van der Waals surface area contributed by atoms with Crippen LogP contribution in [0.15, 0.2) is 77.7 Å². The maximum Gasteiger partial charge on any atom is 0.326 e. The fraction of sp³-hybridized carbons (Fsp3) is 0.192. The molecule has 0 aliphatic rings. The topological polar surface area (TPSA) is 105 Å². The van der Waals surface area contributed by atoms with Crippen LogP contribution in [0.5, 0.6) is 0 Å². The van der Waals surface area contributed by atoms with Gasteiger partial charge in [-0.3, -0.25) is 9.10 Å². The fourth-order valence-electron chi connectivity index (χ4n) is 3.77. The third-order valence-corrected chi connectivity index (χ3v) is 7.41. The molecular weight excluding hydrogens is 464 g/mol. The van der Waals surface area contributed by atoms with Gasteiger partial charge in [-0.25, -0.2) is 13.4 Å². The van der Waals surface area contributed by atoms with E-state index in [4.69, 9.17) is 15.0 Å². The van der Waals surface area contributed by atoms with E-state index in [9.17, 15) is 13.2 Å². The van der Waals surface area contributed by atoms with Gasteiger partial charge in [-0.05, 0) is 55.0 Å². The molecule has 3 aromatic carbocycles. The van der Waals surface area contributed by atoms with E-state index < -0.39 is 16.0 Å². The van der Waals surface area contributed by atoms with Crippen molar-refractivity contribution in [1.82, 2.24) is 9.55 Å². The Labute approximate surface area is 204 Å². The van der Waals surface area contributed by atoms with Crippen molar-refractivity contribution in [3.05, 3.63) is 89.7 Å². The molecule has 35 heavy (non-hydrogen) atoms. The van der Waals surface area contributed by atoms with E-state index in [0.29, 0.717) is 34.5 Å². The lowest BCUT2D eigenvalue weighted by molar-refractivity contribution is -0.143. The van der Waals surface area contributed by atoms with E-state index >= 15 is 0 Å². The highest BCUT2D eigenvalue weighted by Crippen LogP contribution is 2.27. The average molecular weight is 489 g/mol. The molecule has 0 unspecified atom stereocenters. The van der Waals surface area contributed by atoms with Crippen molar-refractivity contribution >= 4 is 32.7 Å². The zero-order chi connectivity index (χ0) is 25.0. The number of esters is 1. The van der Waals surface area contributed by atoms with Crippen LogP contribution >= 0.6 is 0 Å². The molecule has 0 amide bonds. The SMILES string of the molecule is CCOC(=O)Cn1c(Cc2ccc(C#N)cc2)nc2ccc(N(C)S(=O)(=O)c3ccccc3)cc21. The summed E-state index contributed by atoms with van der Waals surface area (Å²) in [6.07, 6.45) is 0.424. The van der Waals surface area contributed by atoms with Crippen LogP contribution in [-0.4, -0.2) is 37.6 Å². The number of carbonyl (C=O) groups is 1. The van der Waals surface area contributed by atoms with Crippen molar-refractivity contribution in [3.63, 3.8) is 0 Å². The molecule has 0 radical (unpaired) electrons. The van der Waals surface area contributed by atoms with Crippen LogP contribution in [0.2, 0.25) is 0 Å². The summed E-state index contributed by atoms with van der Waals surface area (Å²) in [7, 11) is -2.27. The molecule has 178 valence electrons. The maximum atomic E-state index is 13.1. The lowest BCUT2D eigenvalue weighted by atomic mass is 10.1. The highest BCUT2D eigenvalue weighted by atomic mass is 32.2. The van der Waals surface area contributed by atoms with E-state index in [0.717, 1.165) is 5.56 Å². The molecule has 0 aliphatic carbocycles. The second-order valence-corrected chi connectivity index (χ2v) is 9.83. The zero-order valence-corrected chi connectivity index (χ0v) is 20.2. The van der Waals surface area contributed by atoms with Gasteiger partial charge in [-0.1, -0.05) is 30.3 Å². The number of ether oxygens (including phenoxy) is 1. The van der Waals surface area contributed by atoms with E-state index in [1.165, 1.54) is 11.4 Å². The van der Waals surface area contributed by atoms with Crippen LogP contribution in [0.25, 0.3) is 11.0 Å². The molecule has 0 saturated heterocycles. The summed E-state index contributed by atoms with van der Waals surface area (Å²) in [5.41, 5.74) is 3.17. The minimum Gasteiger partial charge on any atom is -0.465 e. The summed E-state index contributed by atoms with van der Waals surface area (Å²) in [6.45, 7) is 1.93. The second kappa shape index (κ2) is 9.99. The van der Waals surface area contributed by atoms with Gasteiger partial charge in [-0.15, -0.1) is 0 Å². The summed E-state index contributed by atoms with van der Waals surface area (Å²) < 4.78 is 34.4. The number of benzene rings is 3. The number of anilines is 1. The van der Waals surface area contributed by atoms with Gasteiger partial charge in [0.2, 0.25) is 0 Å². The summed E-state index contributed by atoms with van der Waals surface area (Å²) in [5, 5.41) is 9.04. The number of hydrogen-bond acceptors (Lipinski definition) is 6. The van der Waals surface area contributed by atoms with Crippen LogP contribution in [0, 0.1) is 11.3 Å². The number of sulfonamides is 1. The Balaban J connectivity index is 1.76. The molecule has 0 aliphatic heterocycles. The van der Waals surface area contributed by atoms with Gasteiger partial charge < -0.3 is 9.30 Å². The van der Waals surface area contributed by atoms with Gasteiger partial charge in [0.05, 0.1) is 39.9 Å². The average Bonchev–Trinajstić information content (AvgIpc) is 3.20. The van der Waals surface area contributed by atoms with Gasteiger partial charge >= 0.3 is 5.97 Å². The molecule has 4 rings (SSSR count). The summed E-state index contributed by atoms with van der Waals surface area (Å²) >= 11 is 0. The Morgan fingerprint density at radius 2 is 1.80 bits per heavy atom. The number of hydrogen-bond donors (Lipinski definition) is 0. The number of carbonyl (C=O) groups excluding carboxylic acids is 1. The Morgan fingerprint density at radius 1 is 1.09 bits per heavy atom. The maximum absolute atomic E-state index is 13.1. The summed E-state index contributed by atoms with van der Waals surface area (Å²) in [4.78, 5) is 17.3. The van der Waals surface area contributed by atoms with Crippen molar-refractivity contribution in [2.75, 3.05) is 18.0 Å². The first kappa shape index (κ1) is 24.0. The zero-order valence-electron chi connectivity index (χ0n) is 19.4. The van der Waals surface area contributed by atoms with Crippen molar-refractivity contribution in [2.45, 2.75) is 24.8 Å². The van der Waals surface area contributed by atoms with Crippen LogP contribution < -0.4 is 4.31 Å². The minimum atomic E-state index is -3.77. The Kier molecular flexibility index (Phi) is 6.85. The van der Waals surface area contributed by atoms with Crippen molar-refractivity contribution in [2.24, 2.45) is 0 Å². The standard InChI is InChI=1S/C26H24N4O4S/c1-3-34-26(31)18-30-24-16-21(29(2)35(32,33)22-7-5-4-6-8-22)13-14-23(24)28-25(30)15-19-9-11-20(17-27)12-10-19/h4-14,16H,3,15,18H2,1-2H3. The molecule has 8 nitrogen and oxygen atoms in total. The van der Waals surface area contributed by atoms with E-state index in [2.05, 4.69) is 6.07 Å². The molecule has 9 heteroatoms. The van der Waals surface area contributed by atoms with Gasteiger partial charge in [0.15, 0.2) is 0 Å². The Hall–Kier alpha value is -4.16. The van der Waals surface area contributed by atoms with Crippen LogP contribution in [0.4, 0.5) is 5.69 Å². The fourth-order valence-corrected chi connectivity index (χ4v) is 4.98. The summed E-state index contributed by atoms with van der Waals surface area (Å²) in [6, 6.07) is 22.6. The van der Waals surface area contributed by atoms with Gasteiger partial charge in [0.25, 0.3) is 10.0 Å². The highest BCUT2D eigenvalue weighted by molar-refractivity contribution is 7.92. The van der Waals surface area contributed by atoms with Crippen molar-refractivity contribution in [3.8, 4) is 6.07 Å². The Bertz CT molecular complexity index is 1500. The number of fused-ring (bicyclic) bond motifs is 1. The molecule has 0 saturated carbocycles. The van der Waals surface area contributed by atoms with Crippen LogP contribution in [0.3, 0.4) is 0 Å². The van der Waals surface area contributed by atoms with Gasteiger partial charge in [0.1, 0.15) is 12.4 Å². The molecule has 1 heterocycles. The third kappa shape index (κ3) is 5.03. The summed E-state index contributed by atoms with van der Waals surface area (Å²) in [5.74, 6) is 0.215. The molecule has 0 bridgehead atoms. The third-order valence-electron chi connectivity index (χ3n) is 5.61. The normalized spacial score (nSPS) is 11.2. The number of rotatable bonds is 8. The first-order valence-electron chi connectivity index (χ1n) is 11.0. The highest BCUT2D eigenvalue weighted by Gasteiger charge is 2.23. The number of aromatic nitrogens is 2. The molecule has 0 spiro atoms.